The number of allylic oxidation sites excluding steroid dienone is 1. The molecule has 0 spiro atoms. The Morgan fingerprint density at radius 1 is 1.28 bits per heavy atom. The highest BCUT2D eigenvalue weighted by atomic mass is 16.5. The molecule has 1 aromatic carbocycles. The van der Waals surface area contributed by atoms with Crippen LogP contribution in [-0.2, 0) is 4.74 Å². The molecule has 18 heavy (non-hydrogen) atoms. The summed E-state index contributed by atoms with van der Waals surface area (Å²) in [6.45, 7) is 5.27. The number of hydrogen-bond acceptors (Lipinski definition) is 2. The third kappa shape index (κ3) is 1.85. The second-order valence-corrected chi connectivity index (χ2v) is 5.68. The maximum atomic E-state index is 10.00. The van der Waals surface area contributed by atoms with Gasteiger partial charge in [0.2, 0.25) is 0 Å². The van der Waals surface area contributed by atoms with Gasteiger partial charge < -0.3 is 9.84 Å². The van der Waals surface area contributed by atoms with Crippen molar-refractivity contribution < 1.29 is 9.84 Å². The fourth-order valence-corrected chi connectivity index (χ4v) is 3.36. The summed E-state index contributed by atoms with van der Waals surface area (Å²) in [7, 11) is 0. The van der Waals surface area contributed by atoms with E-state index in [0.717, 1.165) is 12.2 Å². The van der Waals surface area contributed by atoms with Crippen molar-refractivity contribution in [2.45, 2.75) is 26.4 Å². The Morgan fingerprint density at radius 3 is 2.83 bits per heavy atom. The third-order valence-electron chi connectivity index (χ3n) is 4.51. The standard InChI is InChI=1S/C16H20O2/c1-10-7-11(2)14-8-12(10)9-18-16(14)13-5-3-4-6-15(13)17/h3-7,10,12,14,16-17H,8-9H2,1-2H3/t10-,12-,14-,16+/m1/s1. The molecule has 2 heteroatoms. The Morgan fingerprint density at radius 2 is 2.06 bits per heavy atom. The van der Waals surface area contributed by atoms with Gasteiger partial charge in [0.25, 0.3) is 0 Å². The molecule has 1 saturated heterocycles. The molecule has 0 unspecified atom stereocenters. The molecular weight excluding hydrogens is 224 g/mol. The minimum absolute atomic E-state index is 0.0196. The predicted molar refractivity (Wildman–Crippen MR) is 71.3 cm³/mol. The maximum Gasteiger partial charge on any atom is 0.121 e. The van der Waals surface area contributed by atoms with Crippen molar-refractivity contribution in [1.82, 2.24) is 0 Å². The highest BCUT2D eigenvalue weighted by Crippen LogP contribution is 2.47. The Bertz CT molecular complexity index is 478. The minimum atomic E-state index is 0.0196. The first kappa shape index (κ1) is 11.8. The zero-order chi connectivity index (χ0) is 12.7. The van der Waals surface area contributed by atoms with Gasteiger partial charge >= 0.3 is 0 Å². The highest BCUT2D eigenvalue weighted by Gasteiger charge is 2.38. The molecule has 1 aliphatic heterocycles. The van der Waals surface area contributed by atoms with Crippen molar-refractivity contribution in [3.05, 3.63) is 41.5 Å². The van der Waals surface area contributed by atoms with Crippen molar-refractivity contribution >= 4 is 0 Å². The number of rotatable bonds is 1. The van der Waals surface area contributed by atoms with Crippen LogP contribution < -0.4 is 0 Å². The fraction of sp³-hybridized carbons (Fsp3) is 0.500. The van der Waals surface area contributed by atoms with Crippen molar-refractivity contribution in [3.63, 3.8) is 0 Å². The van der Waals surface area contributed by atoms with Crippen LogP contribution in [0, 0.1) is 17.8 Å². The van der Waals surface area contributed by atoms with Gasteiger partial charge in [-0.2, -0.15) is 0 Å². The van der Waals surface area contributed by atoms with E-state index in [9.17, 15) is 5.11 Å². The molecular formula is C16H20O2. The van der Waals surface area contributed by atoms with Crippen molar-refractivity contribution in [3.8, 4) is 5.75 Å². The van der Waals surface area contributed by atoms with Gasteiger partial charge in [-0.25, -0.2) is 0 Å². The summed E-state index contributed by atoms with van der Waals surface area (Å²) in [5.41, 5.74) is 2.34. The summed E-state index contributed by atoms with van der Waals surface area (Å²) in [6.07, 6.45) is 3.59. The van der Waals surface area contributed by atoms with E-state index in [0.29, 0.717) is 23.5 Å². The van der Waals surface area contributed by atoms with Crippen molar-refractivity contribution in [2.75, 3.05) is 6.61 Å². The molecule has 0 aromatic heterocycles. The van der Waals surface area contributed by atoms with E-state index >= 15 is 0 Å². The van der Waals surface area contributed by atoms with Crippen molar-refractivity contribution in [2.24, 2.45) is 17.8 Å². The van der Waals surface area contributed by atoms with E-state index in [1.807, 2.05) is 18.2 Å². The van der Waals surface area contributed by atoms with Crippen LogP contribution in [-0.4, -0.2) is 11.7 Å². The average molecular weight is 244 g/mol. The molecule has 0 radical (unpaired) electrons. The average Bonchev–Trinajstić information content (AvgIpc) is 2.37. The molecule has 1 heterocycles. The first-order chi connectivity index (χ1) is 8.66. The molecule has 2 bridgehead atoms. The molecule has 96 valence electrons. The molecule has 2 nitrogen and oxygen atoms in total. The molecule has 1 aromatic rings. The van der Waals surface area contributed by atoms with E-state index in [-0.39, 0.29) is 6.10 Å². The summed E-state index contributed by atoms with van der Waals surface area (Å²) in [5, 5.41) is 10.00. The van der Waals surface area contributed by atoms with Gasteiger partial charge in [-0.3, -0.25) is 0 Å². The molecule has 0 saturated carbocycles. The number of phenols is 1. The van der Waals surface area contributed by atoms with Gasteiger partial charge in [-0.1, -0.05) is 36.8 Å². The maximum absolute atomic E-state index is 10.00. The number of benzene rings is 1. The number of fused-ring (bicyclic) bond motifs is 2. The Hall–Kier alpha value is -1.28. The molecule has 4 atom stereocenters. The number of hydrogen-bond donors (Lipinski definition) is 1. The molecule has 1 N–H and O–H groups in total. The van der Waals surface area contributed by atoms with Gasteiger partial charge in [0.1, 0.15) is 5.75 Å². The second kappa shape index (κ2) is 4.43. The van der Waals surface area contributed by atoms with Gasteiger partial charge in [0.15, 0.2) is 0 Å². The fourth-order valence-electron chi connectivity index (χ4n) is 3.36. The zero-order valence-electron chi connectivity index (χ0n) is 11.0. The van der Waals surface area contributed by atoms with E-state index in [1.54, 1.807) is 6.07 Å². The van der Waals surface area contributed by atoms with Crippen molar-refractivity contribution in [1.29, 1.82) is 0 Å². The normalized spacial score (nSPS) is 35.1. The monoisotopic (exact) mass is 244 g/mol. The Kier molecular flexibility index (Phi) is 2.90. The zero-order valence-corrected chi connectivity index (χ0v) is 11.0. The lowest BCUT2D eigenvalue weighted by Crippen LogP contribution is -2.35. The molecule has 0 amide bonds. The first-order valence-electron chi connectivity index (χ1n) is 6.74. The summed E-state index contributed by atoms with van der Waals surface area (Å²) in [5.74, 6) is 2.04. The smallest absolute Gasteiger partial charge is 0.121 e. The predicted octanol–water partition coefficient (Wildman–Crippen LogP) is 3.68. The Balaban J connectivity index is 1.96. The summed E-state index contributed by atoms with van der Waals surface area (Å²) >= 11 is 0. The number of aromatic hydroxyl groups is 1. The van der Waals surface area contributed by atoms with Crippen LogP contribution in [0.25, 0.3) is 0 Å². The molecule has 3 rings (SSSR count). The third-order valence-corrected chi connectivity index (χ3v) is 4.51. The summed E-state index contributed by atoms with van der Waals surface area (Å²) in [4.78, 5) is 0. The van der Waals surface area contributed by atoms with Crippen LogP contribution >= 0.6 is 0 Å². The number of para-hydroxylation sites is 1. The van der Waals surface area contributed by atoms with Crippen LogP contribution in [0.5, 0.6) is 5.75 Å². The Labute approximate surface area is 108 Å². The van der Waals surface area contributed by atoms with E-state index in [4.69, 9.17) is 4.74 Å². The van der Waals surface area contributed by atoms with E-state index in [1.165, 1.54) is 12.0 Å². The van der Waals surface area contributed by atoms with Gasteiger partial charge in [-0.15, -0.1) is 0 Å². The number of ether oxygens (including phenoxy) is 1. The van der Waals surface area contributed by atoms with Crippen LogP contribution in [0.2, 0.25) is 0 Å². The molecule has 1 aliphatic carbocycles. The van der Waals surface area contributed by atoms with Crippen LogP contribution in [0.1, 0.15) is 31.9 Å². The molecule has 1 fully saturated rings. The topological polar surface area (TPSA) is 29.5 Å². The number of phenolic OH excluding ortho intramolecular Hbond substituents is 1. The quantitative estimate of drug-likeness (QED) is 0.764. The first-order valence-corrected chi connectivity index (χ1v) is 6.74. The second-order valence-electron chi connectivity index (χ2n) is 5.68. The summed E-state index contributed by atoms with van der Waals surface area (Å²) < 4.78 is 6.05. The highest BCUT2D eigenvalue weighted by molar-refractivity contribution is 5.36. The van der Waals surface area contributed by atoms with Crippen LogP contribution in [0.3, 0.4) is 0 Å². The lowest BCUT2D eigenvalue weighted by Gasteiger charge is -2.42. The molecule has 2 aliphatic rings. The van der Waals surface area contributed by atoms with Gasteiger partial charge in [-0.05, 0) is 31.2 Å². The lowest BCUT2D eigenvalue weighted by atomic mass is 9.71. The summed E-state index contributed by atoms with van der Waals surface area (Å²) in [6, 6.07) is 7.55. The van der Waals surface area contributed by atoms with Crippen LogP contribution in [0.15, 0.2) is 35.9 Å². The van der Waals surface area contributed by atoms with Gasteiger partial charge in [0.05, 0.1) is 12.7 Å². The van der Waals surface area contributed by atoms with E-state index < -0.39 is 0 Å². The van der Waals surface area contributed by atoms with Crippen LogP contribution in [0.4, 0.5) is 0 Å². The lowest BCUT2D eigenvalue weighted by molar-refractivity contribution is -0.0627. The SMILES string of the molecule is CC1=C[C@@H](C)[C@H]2CO[C@@H](c3ccccc3O)[C@@H]1C2. The van der Waals surface area contributed by atoms with E-state index in [2.05, 4.69) is 19.9 Å². The largest absolute Gasteiger partial charge is 0.508 e. The minimum Gasteiger partial charge on any atom is -0.508 e. The van der Waals surface area contributed by atoms with Gasteiger partial charge in [0, 0.05) is 11.5 Å².